The minimum Gasteiger partial charge on any atom is -0.242 e. The molecule has 2 nitrogen and oxygen atoms in total. The third-order valence-corrected chi connectivity index (χ3v) is 5.02. The van der Waals surface area contributed by atoms with Crippen molar-refractivity contribution in [2.75, 3.05) is 26.2 Å². The summed E-state index contributed by atoms with van der Waals surface area (Å²) in [5.41, 5.74) is 0. The molecule has 0 spiro atoms. The smallest absolute Gasteiger partial charge is 0.0133 e. The Kier molecular flexibility index (Phi) is 13.2. The molecule has 0 aromatic carbocycles. The van der Waals surface area contributed by atoms with Crippen LogP contribution in [0.5, 0.6) is 0 Å². The van der Waals surface area contributed by atoms with E-state index in [4.69, 9.17) is 0 Å². The lowest BCUT2D eigenvalue weighted by Crippen LogP contribution is -2.41. The predicted octanol–water partition coefficient (Wildman–Crippen LogP) is 6.02. The molecule has 22 heavy (non-hydrogen) atoms. The van der Waals surface area contributed by atoms with Crippen LogP contribution in [0.1, 0.15) is 104 Å². The molecule has 132 valence electrons. The fraction of sp³-hybridized carbons (Fsp3) is 1.00. The van der Waals surface area contributed by atoms with Crippen molar-refractivity contribution in [2.45, 2.75) is 104 Å². The summed E-state index contributed by atoms with van der Waals surface area (Å²) in [5.74, 6) is 0. The molecule has 1 aliphatic heterocycles. The minimum atomic E-state index is 1.31. The lowest BCUT2D eigenvalue weighted by molar-refractivity contribution is -0.00628. The van der Waals surface area contributed by atoms with Gasteiger partial charge in [0.25, 0.3) is 0 Å². The average molecular weight is 311 g/mol. The van der Waals surface area contributed by atoms with Crippen LogP contribution in [0.15, 0.2) is 0 Å². The molecule has 0 saturated carbocycles. The van der Waals surface area contributed by atoms with Gasteiger partial charge in [-0.2, -0.15) is 0 Å². The highest BCUT2D eigenvalue weighted by Crippen LogP contribution is 2.15. The number of hydrazine groups is 1. The summed E-state index contributed by atoms with van der Waals surface area (Å²) in [4.78, 5) is 0. The molecule has 0 aromatic heterocycles. The summed E-state index contributed by atoms with van der Waals surface area (Å²) in [7, 11) is 0. The molecule has 0 atom stereocenters. The van der Waals surface area contributed by atoms with Crippen LogP contribution in [0.25, 0.3) is 0 Å². The second-order valence-electron chi connectivity index (χ2n) is 7.15. The van der Waals surface area contributed by atoms with E-state index in [1.807, 2.05) is 0 Å². The first-order valence-electron chi connectivity index (χ1n) is 10.4. The number of nitrogens with zero attached hydrogens (tertiary/aromatic N) is 2. The van der Waals surface area contributed by atoms with Crippen LogP contribution in [0.2, 0.25) is 0 Å². The predicted molar refractivity (Wildman–Crippen MR) is 99.1 cm³/mol. The van der Waals surface area contributed by atoms with Crippen molar-refractivity contribution in [1.82, 2.24) is 10.0 Å². The van der Waals surface area contributed by atoms with Gasteiger partial charge < -0.3 is 0 Å². The highest BCUT2D eigenvalue weighted by atomic mass is 15.6. The van der Waals surface area contributed by atoms with E-state index in [1.165, 1.54) is 116 Å². The standard InChI is InChI=1S/C20H42N2/c1-3-5-7-9-11-13-17-21(22-19-15-16-20-22)18-14-12-10-8-6-4-2/h3-20H2,1-2H3. The SMILES string of the molecule is CCCCCCCCN(CCCCCCCC)N1CCCC1. The second kappa shape index (κ2) is 14.5. The van der Waals surface area contributed by atoms with Crippen LogP contribution >= 0.6 is 0 Å². The summed E-state index contributed by atoms with van der Waals surface area (Å²) in [5, 5.41) is 5.35. The van der Waals surface area contributed by atoms with Gasteiger partial charge in [0.05, 0.1) is 0 Å². The zero-order valence-electron chi connectivity index (χ0n) is 15.6. The summed E-state index contributed by atoms with van der Waals surface area (Å²) in [6, 6.07) is 0. The van der Waals surface area contributed by atoms with Crippen LogP contribution in [-0.4, -0.2) is 36.2 Å². The summed E-state index contributed by atoms with van der Waals surface area (Å²) in [6.45, 7) is 9.84. The van der Waals surface area contributed by atoms with Crippen molar-refractivity contribution in [3.63, 3.8) is 0 Å². The molecule has 0 radical (unpaired) electrons. The summed E-state index contributed by atoms with van der Waals surface area (Å²) in [6.07, 6.45) is 19.8. The Morgan fingerprint density at radius 3 is 1.45 bits per heavy atom. The fourth-order valence-corrected chi connectivity index (χ4v) is 3.53. The lowest BCUT2D eigenvalue weighted by Gasteiger charge is -2.32. The van der Waals surface area contributed by atoms with E-state index in [2.05, 4.69) is 23.9 Å². The first-order chi connectivity index (χ1) is 10.9. The second-order valence-corrected chi connectivity index (χ2v) is 7.15. The molecule has 0 unspecified atom stereocenters. The van der Waals surface area contributed by atoms with Gasteiger partial charge in [0.15, 0.2) is 0 Å². The Labute approximate surface area is 140 Å². The Balaban J connectivity index is 2.10. The third kappa shape index (κ3) is 9.84. The van der Waals surface area contributed by atoms with Crippen LogP contribution in [0.4, 0.5) is 0 Å². The molecule has 1 fully saturated rings. The van der Waals surface area contributed by atoms with Gasteiger partial charge in [-0.05, 0) is 25.7 Å². The van der Waals surface area contributed by atoms with Gasteiger partial charge in [0, 0.05) is 26.2 Å². The van der Waals surface area contributed by atoms with Gasteiger partial charge >= 0.3 is 0 Å². The van der Waals surface area contributed by atoms with Crippen LogP contribution < -0.4 is 0 Å². The molecule has 2 heteroatoms. The first kappa shape index (κ1) is 20.0. The van der Waals surface area contributed by atoms with Gasteiger partial charge in [-0.25, -0.2) is 10.0 Å². The topological polar surface area (TPSA) is 6.48 Å². The quantitative estimate of drug-likeness (QED) is 0.341. The summed E-state index contributed by atoms with van der Waals surface area (Å²) < 4.78 is 0. The van der Waals surface area contributed by atoms with E-state index in [9.17, 15) is 0 Å². The maximum Gasteiger partial charge on any atom is 0.0133 e. The third-order valence-electron chi connectivity index (χ3n) is 5.02. The molecule has 0 N–H and O–H groups in total. The number of rotatable bonds is 15. The van der Waals surface area contributed by atoms with Gasteiger partial charge in [-0.3, -0.25) is 0 Å². The molecule has 0 aromatic rings. The van der Waals surface area contributed by atoms with Crippen molar-refractivity contribution in [1.29, 1.82) is 0 Å². The van der Waals surface area contributed by atoms with Crippen molar-refractivity contribution in [2.24, 2.45) is 0 Å². The van der Waals surface area contributed by atoms with Crippen molar-refractivity contribution in [3.05, 3.63) is 0 Å². The van der Waals surface area contributed by atoms with E-state index in [0.717, 1.165) is 0 Å². The largest absolute Gasteiger partial charge is 0.242 e. The molecule has 1 heterocycles. The Morgan fingerprint density at radius 2 is 1.00 bits per heavy atom. The number of hydrogen-bond acceptors (Lipinski definition) is 2. The van der Waals surface area contributed by atoms with Crippen LogP contribution in [0, 0.1) is 0 Å². The van der Waals surface area contributed by atoms with Crippen molar-refractivity contribution >= 4 is 0 Å². The maximum atomic E-state index is 2.70. The highest BCUT2D eigenvalue weighted by Gasteiger charge is 2.18. The van der Waals surface area contributed by atoms with Gasteiger partial charge in [0.1, 0.15) is 0 Å². The molecule has 1 rings (SSSR count). The van der Waals surface area contributed by atoms with Crippen LogP contribution in [-0.2, 0) is 0 Å². The zero-order chi connectivity index (χ0) is 15.9. The average Bonchev–Trinajstić information content (AvgIpc) is 3.06. The van der Waals surface area contributed by atoms with Gasteiger partial charge in [-0.1, -0.05) is 78.1 Å². The molecule has 1 aliphatic rings. The first-order valence-corrected chi connectivity index (χ1v) is 10.4. The molecular weight excluding hydrogens is 268 g/mol. The number of unbranched alkanes of at least 4 members (excludes halogenated alkanes) is 10. The molecule has 0 aliphatic carbocycles. The Hall–Kier alpha value is -0.0800. The fourth-order valence-electron chi connectivity index (χ4n) is 3.53. The summed E-state index contributed by atoms with van der Waals surface area (Å²) >= 11 is 0. The van der Waals surface area contributed by atoms with Crippen LogP contribution in [0.3, 0.4) is 0 Å². The van der Waals surface area contributed by atoms with E-state index in [0.29, 0.717) is 0 Å². The Bertz CT molecular complexity index is 208. The maximum absolute atomic E-state index is 2.70. The van der Waals surface area contributed by atoms with Gasteiger partial charge in [0.2, 0.25) is 0 Å². The van der Waals surface area contributed by atoms with E-state index in [1.54, 1.807) is 0 Å². The monoisotopic (exact) mass is 310 g/mol. The molecular formula is C20H42N2. The number of hydrogen-bond donors (Lipinski definition) is 0. The van der Waals surface area contributed by atoms with Gasteiger partial charge in [-0.15, -0.1) is 0 Å². The highest BCUT2D eigenvalue weighted by molar-refractivity contribution is 4.66. The zero-order valence-corrected chi connectivity index (χ0v) is 15.6. The normalized spacial score (nSPS) is 16.0. The van der Waals surface area contributed by atoms with Crippen molar-refractivity contribution < 1.29 is 0 Å². The van der Waals surface area contributed by atoms with E-state index in [-0.39, 0.29) is 0 Å². The molecule has 1 saturated heterocycles. The Morgan fingerprint density at radius 1 is 0.591 bits per heavy atom. The lowest BCUT2D eigenvalue weighted by atomic mass is 10.1. The molecule has 0 bridgehead atoms. The van der Waals surface area contributed by atoms with E-state index < -0.39 is 0 Å². The van der Waals surface area contributed by atoms with Crippen molar-refractivity contribution in [3.8, 4) is 0 Å². The van der Waals surface area contributed by atoms with E-state index >= 15 is 0 Å². The minimum absolute atomic E-state index is 1.31. The molecule has 0 amide bonds.